The van der Waals surface area contributed by atoms with Crippen molar-refractivity contribution >= 4 is 24.1 Å². The standard InChI is InChI=1S/C16H17NO5/c1-16(2,3)22-15(20)17-8-4-5-10-6-7-11-12(9-10)14(19)21-13(11)18/h4-7,9H,8H2,1-3H3,(H,17,20). The van der Waals surface area contributed by atoms with Crippen LogP contribution >= 0.6 is 0 Å². The van der Waals surface area contributed by atoms with E-state index >= 15 is 0 Å². The van der Waals surface area contributed by atoms with Crippen LogP contribution in [0.2, 0.25) is 0 Å². The van der Waals surface area contributed by atoms with Crippen molar-refractivity contribution in [3.63, 3.8) is 0 Å². The number of amides is 1. The molecule has 0 radical (unpaired) electrons. The second kappa shape index (κ2) is 6.01. The number of benzene rings is 1. The van der Waals surface area contributed by atoms with E-state index in [0.29, 0.717) is 0 Å². The largest absolute Gasteiger partial charge is 0.444 e. The molecule has 0 spiro atoms. The van der Waals surface area contributed by atoms with Crippen LogP contribution < -0.4 is 5.32 Å². The molecule has 1 aromatic rings. The lowest BCUT2D eigenvalue weighted by Crippen LogP contribution is -2.32. The zero-order valence-electron chi connectivity index (χ0n) is 12.6. The molecule has 116 valence electrons. The van der Waals surface area contributed by atoms with Crippen molar-refractivity contribution in [2.24, 2.45) is 0 Å². The molecule has 1 heterocycles. The number of alkyl carbamates (subject to hydrolysis) is 1. The van der Waals surface area contributed by atoms with Crippen LogP contribution in [0.25, 0.3) is 6.08 Å². The number of rotatable bonds is 3. The van der Waals surface area contributed by atoms with E-state index < -0.39 is 23.6 Å². The Kier molecular flexibility index (Phi) is 4.30. The zero-order valence-corrected chi connectivity index (χ0v) is 12.6. The molecule has 1 aromatic carbocycles. The molecule has 0 fully saturated rings. The topological polar surface area (TPSA) is 81.7 Å². The van der Waals surface area contributed by atoms with Gasteiger partial charge in [-0.25, -0.2) is 14.4 Å². The average molecular weight is 303 g/mol. The van der Waals surface area contributed by atoms with Gasteiger partial charge >= 0.3 is 18.0 Å². The maximum absolute atomic E-state index is 11.4. The highest BCUT2D eigenvalue weighted by molar-refractivity contribution is 6.14. The number of carbonyl (C=O) groups excluding carboxylic acids is 3. The third-order valence-corrected chi connectivity index (χ3v) is 2.74. The Morgan fingerprint density at radius 3 is 2.59 bits per heavy atom. The molecule has 1 aliphatic rings. The molecule has 0 aliphatic carbocycles. The number of nitrogens with one attached hydrogen (secondary N) is 1. The van der Waals surface area contributed by atoms with E-state index in [4.69, 9.17) is 4.74 Å². The Labute approximate surface area is 128 Å². The lowest BCUT2D eigenvalue weighted by atomic mass is 10.1. The van der Waals surface area contributed by atoms with Gasteiger partial charge in [0.25, 0.3) is 0 Å². The molecule has 0 aromatic heterocycles. The molecule has 6 nitrogen and oxygen atoms in total. The van der Waals surface area contributed by atoms with Crippen molar-refractivity contribution in [2.75, 3.05) is 6.54 Å². The summed E-state index contributed by atoms with van der Waals surface area (Å²) in [6, 6.07) is 4.82. The fraction of sp³-hybridized carbons (Fsp3) is 0.312. The second-order valence-corrected chi connectivity index (χ2v) is 5.77. The highest BCUT2D eigenvalue weighted by Crippen LogP contribution is 2.21. The Bertz CT molecular complexity index is 655. The van der Waals surface area contributed by atoms with Crippen LogP contribution in [0.5, 0.6) is 0 Å². The molecule has 22 heavy (non-hydrogen) atoms. The molecule has 1 N–H and O–H groups in total. The van der Waals surface area contributed by atoms with Gasteiger partial charge in [-0.1, -0.05) is 18.2 Å². The Morgan fingerprint density at radius 2 is 1.91 bits per heavy atom. The molecular formula is C16H17NO5. The monoisotopic (exact) mass is 303 g/mol. The summed E-state index contributed by atoms with van der Waals surface area (Å²) in [5.74, 6) is -1.26. The number of esters is 2. The van der Waals surface area contributed by atoms with Gasteiger partial charge in [-0.05, 0) is 38.5 Å². The predicted octanol–water partition coefficient (Wildman–Crippen LogP) is 2.54. The molecule has 0 atom stereocenters. The van der Waals surface area contributed by atoms with Crippen molar-refractivity contribution < 1.29 is 23.9 Å². The van der Waals surface area contributed by atoms with Crippen molar-refractivity contribution in [1.29, 1.82) is 0 Å². The Morgan fingerprint density at radius 1 is 1.23 bits per heavy atom. The van der Waals surface area contributed by atoms with E-state index in [1.165, 1.54) is 0 Å². The van der Waals surface area contributed by atoms with Gasteiger partial charge in [0.15, 0.2) is 0 Å². The summed E-state index contributed by atoms with van der Waals surface area (Å²) >= 11 is 0. The minimum absolute atomic E-state index is 0.257. The van der Waals surface area contributed by atoms with Gasteiger partial charge in [-0.2, -0.15) is 0 Å². The van der Waals surface area contributed by atoms with Crippen LogP contribution in [0.3, 0.4) is 0 Å². The van der Waals surface area contributed by atoms with E-state index in [1.54, 1.807) is 51.1 Å². The normalized spacial score (nSPS) is 14.0. The highest BCUT2D eigenvalue weighted by Gasteiger charge is 2.29. The molecule has 0 bridgehead atoms. The van der Waals surface area contributed by atoms with Gasteiger partial charge < -0.3 is 14.8 Å². The minimum atomic E-state index is -0.637. The summed E-state index contributed by atoms with van der Waals surface area (Å²) in [5.41, 5.74) is 0.721. The number of cyclic esters (lactones) is 2. The van der Waals surface area contributed by atoms with E-state index in [1.807, 2.05) is 0 Å². The fourth-order valence-corrected chi connectivity index (χ4v) is 1.86. The predicted molar refractivity (Wildman–Crippen MR) is 79.5 cm³/mol. The minimum Gasteiger partial charge on any atom is -0.444 e. The first-order valence-electron chi connectivity index (χ1n) is 6.80. The second-order valence-electron chi connectivity index (χ2n) is 5.77. The van der Waals surface area contributed by atoms with E-state index in [9.17, 15) is 14.4 Å². The lowest BCUT2D eigenvalue weighted by Gasteiger charge is -2.19. The summed E-state index contributed by atoms with van der Waals surface area (Å²) < 4.78 is 9.61. The maximum Gasteiger partial charge on any atom is 0.407 e. The lowest BCUT2D eigenvalue weighted by molar-refractivity contribution is 0.0441. The van der Waals surface area contributed by atoms with Gasteiger partial charge in [0, 0.05) is 6.54 Å². The summed E-state index contributed by atoms with van der Waals surface area (Å²) in [4.78, 5) is 34.2. The van der Waals surface area contributed by atoms with Crippen molar-refractivity contribution in [3.8, 4) is 0 Å². The Balaban J connectivity index is 1.92. The molecule has 0 saturated heterocycles. The molecule has 1 aliphatic heterocycles. The smallest absolute Gasteiger partial charge is 0.407 e. The quantitative estimate of drug-likeness (QED) is 0.685. The third kappa shape index (κ3) is 3.94. The molecule has 6 heteroatoms. The number of carbonyl (C=O) groups is 3. The SMILES string of the molecule is CC(C)(C)OC(=O)NCC=Cc1ccc2c(c1)C(=O)OC2=O. The number of ether oxygens (including phenoxy) is 2. The van der Waals surface area contributed by atoms with Crippen LogP contribution in [-0.2, 0) is 9.47 Å². The summed E-state index contributed by atoms with van der Waals surface area (Å²) in [7, 11) is 0. The molecule has 0 saturated carbocycles. The average Bonchev–Trinajstić information content (AvgIpc) is 2.68. The van der Waals surface area contributed by atoms with E-state index in [-0.39, 0.29) is 17.7 Å². The molecule has 1 amide bonds. The maximum atomic E-state index is 11.4. The van der Waals surface area contributed by atoms with Crippen molar-refractivity contribution in [2.45, 2.75) is 26.4 Å². The molecule has 2 rings (SSSR count). The van der Waals surface area contributed by atoms with Gasteiger partial charge in [0.1, 0.15) is 5.60 Å². The van der Waals surface area contributed by atoms with Gasteiger partial charge in [-0.15, -0.1) is 0 Å². The van der Waals surface area contributed by atoms with Crippen molar-refractivity contribution in [3.05, 3.63) is 41.0 Å². The molecular weight excluding hydrogens is 286 g/mol. The van der Waals surface area contributed by atoms with E-state index in [2.05, 4.69) is 10.1 Å². The fourth-order valence-electron chi connectivity index (χ4n) is 1.86. The summed E-state index contributed by atoms with van der Waals surface area (Å²) in [6.45, 7) is 5.64. The van der Waals surface area contributed by atoms with Crippen LogP contribution in [0.15, 0.2) is 24.3 Å². The number of hydrogen-bond acceptors (Lipinski definition) is 5. The number of fused-ring (bicyclic) bond motifs is 1. The molecule has 0 unspecified atom stereocenters. The van der Waals surface area contributed by atoms with Crippen LogP contribution in [0.1, 0.15) is 47.1 Å². The first kappa shape index (κ1) is 15.8. The van der Waals surface area contributed by atoms with Gasteiger partial charge in [0.05, 0.1) is 11.1 Å². The first-order chi connectivity index (χ1) is 10.3. The summed E-state index contributed by atoms with van der Waals surface area (Å²) in [5, 5.41) is 2.58. The zero-order chi connectivity index (χ0) is 16.3. The van der Waals surface area contributed by atoms with Crippen LogP contribution in [0, 0.1) is 0 Å². The van der Waals surface area contributed by atoms with Crippen LogP contribution in [0.4, 0.5) is 4.79 Å². The number of hydrogen-bond donors (Lipinski definition) is 1. The first-order valence-corrected chi connectivity index (χ1v) is 6.80. The van der Waals surface area contributed by atoms with Gasteiger partial charge in [0.2, 0.25) is 0 Å². The van der Waals surface area contributed by atoms with Crippen molar-refractivity contribution in [1.82, 2.24) is 5.32 Å². The Hall–Kier alpha value is -2.63. The van der Waals surface area contributed by atoms with E-state index in [0.717, 1.165) is 5.56 Å². The summed E-state index contributed by atoms with van der Waals surface area (Å²) in [6.07, 6.45) is 2.95. The third-order valence-electron chi connectivity index (χ3n) is 2.74. The van der Waals surface area contributed by atoms with Gasteiger partial charge in [-0.3, -0.25) is 0 Å². The highest BCUT2D eigenvalue weighted by atomic mass is 16.6. The van der Waals surface area contributed by atoms with Crippen LogP contribution in [-0.4, -0.2) is 30.2 Å².